The molecule has 162 valence electrons. The number of halogens is 1. The molecule has 0 bridgehead atoms. The number of aromatic nitrogens is 1. The summed E-state index contributed by atoms with van der Waals surface area (Å²) in [5, 5.41) is 6.37. The van der Waals surface area contributed by atoms with Crippen LogP contribution in [0, 0.1) is 5.41 Å². The topological polar surface area (TPSA) is 66.5 Å². The molecule has 0 spiro atoms. The standard InChI is InChI=1S/C22H29FN4O2S/c1-22(2,3)14-20(28)25-18-10-11-19(26-21(18)27-12-4-5-13-27)24-15-16-6-8-17(9-7-16)29-30-23/h6-11H,4-5,12-15H2,1-3H3,(H,24,26)(H,25,28). The van der Waals surface area contributed by atoms with Gasteiger partial charge in [0.2, 0.25) is 5.91 Å². The molecule has 1 aromatic carbocycles. The third-order valence-corrected chi connectivity index (χ3v) is 5.03. The van der Waals surface area contributed by atoms with Gasteiger partial charge in [-0.2, -0.15) is 0 Å². The highest BCUT2D eigenvalue weighted by atomic mass is 32.2. The number of rotatable bonds is 8. The fraction of sp³-hybridized carbons (Fsp3) is 0.455. The smallest absolute Gasteiger partial charge is 0.272 e. The monoisotopic (exact) mass is 432 g/mol. The van der Waals surface area contributed by atoms with Gasteiger partial charge in [-0.1, -0.05) is 32.9 Å². The van der Waals surface area contributed by atoms with Crippen LogP contribution in [0.2, 0.25) is 0 Å². The number of pyridine rings is 1. The number of anilines is 3. The maximum absolute atomic E-state index is 12.5. The second-order valence-corrected chi connectivity index (χ2v) is 8.98. The zero-order chi connectivity index (χ0) is 21.6. The van der Waals surface area contributed by atoms with E-state index in [2.05, 4.69) is 15.5 Å². The molecule has 0 saturated carbocycles. The molecular formula is C22H29FN4O2S. The van der Waals surface area contributed by atoms with Crippen molar-refractivity contribution in [2.24, 2.45) is 5.41 Å². The Kier molecular flexibility index (Phi) is 7.42. The molecule has 1 aliphatic rings. The predicted octanol–water partition coefficient (Wildman–Crippen LogP) is 5.58. The molecule has 2 heterocycles. The normalized spacial score (nSPS) is 13.9. The summed E-state index contributed by atoms with van der Waals surface area (Å²) in [6.07, 6.45) is 2.70. The second kappa shape index (κ2) is 10.0. The van der Waals surface area contributed by atoms with Crippen LogP contribution in [0.15, 0.2) is 36.4 Å². The van der Waals surface area contributed by atoms with Crippen LogP contribution in [-0.2, 0) is 11.3 Å². The lowest BCUT2D eigenvalue weighted by molar-refractivity contribution is -0.117. The van der Waals surface area contributed by atoms with Crippen molar-refractivity contribution in [2.75, 3.05) is 28.6 Å². The van der Waals surface area contributed by atoms with Crippen molar-refractivity contribution in [1.29, 1.82) is 0 Å². The largest absolute Gasteiger partial charge is 0.397 e. The maximum atomic E-state index is 12.5. The van der Waals surface area contributed by atoms with Crippen LogP contribution < -0.4 is 19.7 Å². The first kappa shape index (κ1) is 22.2. The van der Waals surface area contributed by atoms with E-state index < -0.39 is 0 Å². The summed E-state index contributed by atoms with van der Waals surface area (Å²) in [7, 11) is 0. The quantitative estimate of drug-likeness (QED) is 0.531. The maximum Gasteiger partial charge on any atom is 0.272 e. The van der Waals surface area contributed by atoms with E-state index in [1.165, 1.54) is 0 Å². The summed E-state index contributed by atoms with van der Waals surface area (Å²) in [5.74, 6) is 2.02. The summed E-state index contributed by atoms with van der Waals surface area (Å²) < 4.78 is 16.9. The van der Waals surface area contributed by atoms with Gasteiger partial charge in [-0.3, -0.25) is 4.79 Å². The van der Waals surface area contributed by atoms with Gasteiger partial charge in [0.1, 0.15) is 11.6 Å². The van der Waals surface area contributed by atoms with E-state index in [1.807, 2.05) is 45.0 Å². The number of carbonyl (C=O) groups excluding carboxylic acids is 1. The Bertz CT molecular complexity index is 849. The number of nitrogens with zero attached hydrogens (tertiary/aromatic N) is 2. The van der Waals surface area contributed by atoms with Crippen molar-refractivity contribution >= 4 is 35.7 Å². The Morgan fingerprint density at radius 2 is 1.87 bits per heavy atom. The highest BCUT2D eigenvalue weighted by Gasteiger charge is 2.21. The first-order valence-corrected chi connectivity index (χ1v) is 10.8. The Balaban J connectivity index is 1.71. The van der Waals surface area contributed by atoms with Crippen LogP contribution in [0.25, 0.3) is 0 Å². The van der Waals surface area contributed by atoms with Gasteiger partial charge in [-0.25, -0.2) is 4.98 Å². The first-order valence-electron chi connectivity index (χ1n) is 10.2. The van der Waals surface area contributed by atoms with Crippen LogP contribution in [-0.4, -0.2) is 24.0 Å². The molecule has 0 aliphatic carbocycles. The third-order valence-electron chi connectivity index (χ3n) is 4.77. The van der Waals surface area contributed by atoms with Gasteiger partial charge < -0.3 is 19.7 Å². The second-order valence-electron chi connectivity index (χ2n) is 8.69. The van der Waals surface area contributed by atoms with Gasteiger partial charge >= 0.3 is 0 Å². The number of hydrogen-bond acceptors (Lipinski definition) is 6. The predicted molar refractivity (Wildman–Crippen MR) is 121 cm³/mol. The molecule has 0 radical (unpaired) electrons. The average Bonchev–Trinajstić information content (AvgIpc) is 3.21. The number of benzene rings is 1. The Morgan fingerprint density at radius 1 is 1.17 bits per heavy atom. The third kappa shape index (κ3) is 6.52. The zero-order valence-corrected chi connectivity index (χ0v) is 18.5. The van der Waals surface area contributed by atoms with E-state index >= 15 is 0 Å². The minimum absolute atomic E-state index is 0.000734. The van der Waals surface area contributed by atoms with Crippen LogP contribution in [0.1, 0.15) is 45.6 Å². The highest BCUT2D eigenvalue weighted by molar-refractivity contribution is 7.89. The van der Waals surface area contributed by atoms with Crippen LogP contribution in [0.4, 0.5) is 21.2 Å². The molecule has 1 aliphatic heterocycles. The van der Waals surface area contributed by atoms with E-state index in [0.29, 0.717) is 18.7 Å². The number of amides is 1. The Labute approximate surface area is 182 Å². The summed E-state index contributed by atoms with van der Waals surface area (Å²) in [6, 6.07) is 11.0. The molecule has 6 nitrogen and oxygen atoms in total. The molecule has 30 heavy (non-hydrogen) atoms. The number of hydrogen-bond donors (Lipinski definition) is 2. The molecule has 1 fully saturated rings. The SMILES string of the molecule is CC(C)(C)CC(=O)Nc1ccc(NCc2ccc(OSF)cc2)nc1N1CCCC1. The van der Waals surface area contributed by atoms with Gasteiger partial charge in [0, 0.05) is 26.1 Å². The van der Waals surface area contributed by atoms with Gasteiger partial charge in [0.15, 0.2) is 5.82 Å². The lowest BCUT2D eigenvalue weighted by Crippen LogP contribution is -2.24. The molecule has 8 heteroatoms. The van der Waals surface area contributed by atoms with Crippen molar-refractivity contribution < 1.29 is 12.9 Å². The molecule has 1 saturated heterocycles. The van der Waals surface area contributed by atoms with Gasteiger partial charge in [0.05, 0.1) is 5.69 Å². The van der Waals surface area contributed by atoms with Gasteiger partial charge in [-0.15, -0.1) is 3.89 Å². The Hall–Kier alpha value is -2.48. The van der Waals surface area contributed by atoms with E-state index in [-0.39, 0.29) is 23.8 Å². The first-order chi connectivity index (χ1) is 14.3. The Morgan fingerprint density at radius 3 is 2.50 bits per heavy atom. The minimum atomic E-state index is -0.168. The van der Waals surface area contributed by atoms with Crippen molar-refractivity contribution in [1.82, 2.24) is 4.98 Å². The summed E-state index contributed by atoms with van der Waals surface area (Å²) in [6.45, 7) is 8.60. The van der Waals surface area contributed by atoms with Crippen molar-refractivity contribution in [3.63, 3.8) is 0 Å². The molecule has 3 rings (SSSR count). The molecule has 2 N–H and O–H groups in total. The van der Waals surface area contributed by atoms with Crippen LogP contribution in [0.5, 0.6) is 5.75 Å². The summed E-state index contributed by atoms with van der Waals surface area (Å²) in [4.78, 5) is 19.5. The fourth-order valence-corrected chi connectivity index (χ4v) is 3.57. The summed E-state index contributed by atoms with van der Waals surface area (Å²) >= 11 is -0.168. The lowest BCUT2D eigenvalue weighted by Gasteiger charge is -2.23. The van der Waals surface area contributed by atoms with E-state index in [4.69, 9.17) is 9.17 Å². The van der Waals surface area contributed by atoms with Crippen LogP contribution in [0.3, 0.4) is 0 Å². The van der Waals surface area contributed by atoms with Crippen molar-refractivity contribution in [3.05, 3.63) is 42.0 Å². The molecule has 0 atom stereocenters. The molecule has 1 aromatic heterocycles. The zero-order valence-electron chi connectivity index (χ0n) is 17.7. The van der Waals surface area contributed by atoms with Crippen LogP contribution >= 0.6 is 12.4 Å². The van der Waals surface area contributed by atoms with E-state index in [9.17, 15) is 8.68 Å². The molecule has 1 amide bonds. The number of nitrogens with one attached hydrogen (secondary N) is 2. The average molecular weight is 433 g/mol. The van der Waals surface area contributed by atoms with Crippen molar-refractivity contribution in [3.8, 4) is 5.75 Å². The van der Waals surface area contributed by atoms with Crippen molar-refractivity contribution in [2.45, 2.75) is 46.6 Å². The van der Waals surface area contributed by atoms with E-state index in [1.54, 1.807) is 12.1 Å². The van der Waals surface area contributed by atoms with E-state index in [0.717, 1.165) is 48.8 Å². The lowest BCUT2D eigenvalue weighted by atomic mass is 9.92. The minimum Gasteiger partial charge on any atom is -0.397 e. The number of carbonyl (C=O) groups is 1. The van der Waals surface area contributed by atoms with Gasteiger partial charge in [0.25, 0.3) is 12.4 Å². The highest BCUT2D eigenvalue weighted by Crippen LogP contribution is 2.30. The van der Waals surface area contributed by atoms with Gasteiger partial charge in [-0.05, 0) is 48.1 Å². The molecule has 0 unspecified atom stereocenters. The summed E-state index contributed by atoms with van der Waals surface area (Å²) in [5.41, 5.74) is 1.70. The fourth-order valence-electron chi connectivity index (χ4n) is 3.38. The molecular weight excluding hydrogens is 403 g/mol. The molecule has 2 aromatic rings.